The van der Waals surface area contributed by atoms with Gasteiger partial charge in [-0.2, -0.15) is 0 Å². The predicted octanol–water partition coefficient (Wildman–Crippen LogP) is 2.17. The molecule has 2 heterocycles. The molecule has 1 amide bonds. The predicted molar refractivity (Wildman–Crippen MR) is 76.0 cm³/mol. The van der Waals surface area contributed by atoms with E-state index in [4.69, 9.17) is 0 Å². The fourth-order valence-electron chi connectivity index (χ4n) is 2.47. The zero-order chi connectivity index (χ0) is 13.1. The van der Waals surface area contributed by atoms with Crippen LogP contribution in [0.15, 0.2) is 36.5 Å². The Balaban J connectivity index is 1.75. The van der Waals surface area contributed by atoms with Gasteiger partial charge in [0.2, 0.25) is 5.91 Å². The van der Waals surface area contributed by atoms with Crippen molar-refractivity contribution in [2.75, 3.05) is 18.4 Å². The van der Waals surface area contributed by atoms with E-state index in [-0.39, 0.29) is 11.8 Å². The largest absolute Gasteiger partial charge is 0.326 e. The highest BCUT2D eigenvalue weighted by molar-refractivity contribution is 5.95. The third-order valence-corrected chi connectivity index (χ3v) is 3.54. The first-order chi connectivity index (χ1) is 9.33. The Morgan fingerprint density at radius 3 is 3.16 bits per heavy atom. The van der Waals surface area contributed by atoms with Gasteiger partial charge in [0.15, 0.2) is 0 Å². The number of pyridine rings is 1. The second kappa shape index (κ2) is 5.36. The molecule has 1 aliphatic heterocycles. The van der Waals surface area contributed by atoms with Crippen molar-refractivity contribution in [3.63, 3.8) is 0 Å². The summed E-state index contributed by atoms with van der Waals surface area (Å²) in [4.78, 5) is 16.4. The van der Waals surface area contributed by atoms with Crippen LogP contribution in [0.5, 0.6) is 0 Å². The number of fused-ring (bicyclic) bond motifs is 1. The number of nitrogens with one attached hydrogen (secondary N) is 2. The molecule has 1 atom stereocenters. The molecule has 1 aromatic heterocycles. The van der Waals surface area contributed by atoms with Gasteiger partial charge in [0.1, 0.15) is 0 Å². The summed E-state index contributed by atoms with van der Waals surface area (Å²) in [5.74, 6) is 0.189. The second-order valence-corrected chi connectivity index (χ2v) is 4.94. The molecule has 0 bridgehead atoms. The number of nitrogens with zero attached hydrogens (tertiary/aromatic N) is 1. The van der Waals surface area contributed by atoms with Gasteiger partial charge < -0.3 is 10.6 Å². The summed E-state index contributed by atoms with van der Waals surface area (Å²) in [6, 6.07) is 9.71. The van der Waals surface area contributed by atoms with E-state index < -0.39 is 0 Å². The van der Waals surface area contributed by atoms with E-state index >= 15 is 0 Å². The van der Waals surface area contributed by atoms with Crippen LogP contribution in [0.3, 0.4) is 0 Å². The molecule has 0 radical (unpaired) electrons. The van der Waals surface area contributed by atoms with Gasteiger partial charge in [-0.25, -0.2) is 0 Å². The van der Waals surface area contributed by atoms with Gasteiger partial charge in [-0.05, 0) is 43.7 Å². The average Bonchev–Trinajstić information content (AvgIpc) is 2.48. The van der Waals surface area contributed by atoms with Gasteiger partial charge in [-0.1, -0.05) is 6.07 Å². The Kier molecular flexibility index (Phi) is 3.42. The van der Waals surface area contributed by atoms with Crippen molar-refractivity contribution in [3.8, 4) is 0 Å². The highest BCUT2D eigenvalue weighted by Crippen LogP contribution is 2.19. The normalized spacial score (nSPS) is 19.3. The Bertz CT molecular complexity index is 591. The van der Waals surface area contributed by atoms with Gasteiger partial charge in [-0.3, -0.25) is 9.78 Å². The molecule has 1 fully saturated rings. The van der Waals surface area contributed by atoms with Crippen molar-refractivity contribution >= 4 is 22.5 Å². The molecule has 1 saturated heterocycles. The molecule has 1 aromatic carbocycles. The standard InChI is InChI=1S/C15H17N3O/c19-15(12-4-1-7-16-10-12)18-13-5-6-14-11(9-13)3-2-8-17-14/h2-3,5-6,8-9,12,16H,1,4,7,10H2,(H,18,19)/t12-/m1/s1. The number of carbonyl (C=O) groups is 1. The fraction of sp³-hybridized carbons (Fsp3) is 0.333. The Labute approximate surface area is 112 Å². The Hall–Kier alpha value is -1.94. The lowest BCUT2D eigenvalue weighted by atomic mass is 9.99. The van der Waals surface area contributed by atoms with Crippen LogP contribution in [0.1, 0.15) is 12.8 Å². The first-order valence-corrected chi connectivity index (χ1v) is 6.69. The molecule has 0 aliphatic carbocycles. The molecule has 19 heavy (non-hydrogen) atoms. The third kappa shape index (κ3) is 2.74. The summed E-state index contributed by atoms with van der Waals surface area (Å²) < 4.78 is 0. The lowest BCUT2D eigenvalue weighted by molar-refractivity contribution is -0.120. The van der Waals surface area contributed by atoms with Crippen molar-refractivity contribution in [2.24, 2.45) is 5.92 Å². The minimum absolute atomic E-state index is 0.0818. The second-order valence-electron chi connectivity index (χ2n) is 4.94. The Morgan fingerprint density at radius 2 is 2.32 bits per heavy atom. The number of hydrogen-bond acceptors (Lipinski definition) is 3. The van der Waals surface area contributed by atoms with Crippen LogP contribution in [0.25, 0.3) is 10.9 Å². The Morgan fingerprint density at radius 1 is 1.37 bits per heavy atom. The van der Waals surface area contributed by atoms with E-state index in [9.17, 15) is 4.79 Å². The van der Waals surface area contributed by atoms with Crippen molar-refractivity contribution < 1.29 is 4.79 Å². The molecule has 4 nitrogen and oxygen atoms in total. The molecule has 0 unspecified atom stereocenters. The van der Waals surface area contributed by atoms with Crippen molar-refractivity contribution in [2.45, 2.75) is 12.8 Å². The quantitative estimate of drug-likeness (QED) is 0.864. The van der Waals surface area contributed by atoms with E-state index in [2.05, 4.69) is 15.6 Å². The average molecular weight is 255 g/mol. The molecule has 3 rings (SSSR count). The molecule has 4 heteroatoms. The molecular weight excluding hydrogens is 238 g/mol. The summed E-state index contributed by atoms with van der Waals surface area (Å²) in [5, 5.41) is 7.30. The zero-order valence-electron chi connectivity index (χ0n) is 10.7. The van der Waals surface area contributed by atoms with Crippen LogP contribution in [-0.4, -0.2) is 24.0 Å². The van der Waals surface area contributed by atoms with E-state index in [1.165, 1.54) is 0 Å². The maximum absolute atomic E-state index is 12.1. The number of rotatable bonds is 2. The zero-order valence-corrected chi connectivity index (χ0v) is 10.7. The molecular formula is C15H17N3O. The molecule has 0 spiro atoms. The van der Waals surface area contributed by atoms with E-state index in [1.807, 2.05) is 30.3 Å². The summed E-state index contributed by atoms with van der Waals surface area (Å²) >= 11 is 0. The molecule has 2 aromatic rings. The molecule has 98 valence electrons. The minimum atomic E-state index is 0.0818. The van der Waals surface area contributed by atoms with Crippen LogP contribution in [-0.2, 0) is 4.79 Å². The summed E-state index contributed by atoms with van der Waals surface area (Å²) in [7, 11) is 0. The first kappa shape index (κ1) is 12.1. The highest BCUT2D eigenvalue weighted by atomic mass is 16.1. The monoisotopic (exact) mass is 255 g/mol. The smallest absolute Gasteiger partial charge is 0.228 e. The van der Waals surface area contributed by atoms with Crippen molar-refractivity contribution in [1.29, 1.82) is 0 Å². The van der Waals surface area contributed by atoms with Gasteiger partial charge in [0.25, 0.3) is 0 Å². The number of anilines is 1. The first-order valence-electron chi connectivity index (χ1n) is 6.69. The van der Waals surface area contributed by atoms with Crippen molar-refractivity contribution in [3.05, 3.63) is 36.5 Å². The topological polar surface area (TPSA) is 54.0 Å². The van der Waals surface area contributed by atoms with Gasteiger partial charge in [0, 0.05) is 23.8 Å². The molecule has 1 aliphatic rings. The SMILES string of the molecule is O=C(Nc1ccc2ncccc2c1)[C@@H]1CCCNC1. The van der Waals surface area contributed by atoms with Gasteiger partial charge >= 0.3 is 0 Å². The maximum Gasteiger partial charge on any atom is 0.228 e. The number of piperidine rings is 1. The van der Waals surface area contributed by atoms with Crippen molar-refractivity contribution in [1.82, 2.24) is 10.3 Å². The lowest BCUT2D eigenvalue weighted by Crippen LogP contribution is -2.37. The minimum Gasteiger partial charge on any atom is -0.326 e. The fourth-order valence-corrected chi connectivity index (χ4v) is 2.47. The summed E-state index contributed by atoms with van der Waals surface area (Å²) in [6.07, 6.45) is 3.81. The summed E-state index contributed by atoms with van der Waals surface area (Å²) in [5.41, 5.74) is 1.79. The van der Waals surface area contributed by atoms with Crippen LogP contribution in [0.2, 0.25) is 0 Å². The summed E-state index contributed by atoms with van der Waals surface area (Å²) in [6.45, 7) is 1.80. The van der Waals surface area contributed by atoms with E-state index in [0.29, 0.717) is 0 Å². The number of benzene rings is 1. The van der Waals surface area contributed by atoms with Crippen LogP contribution >= 0.6 is 0 Å². The van der Waals surface area contributed by atoms with Gasteiger partial charge in [-0.15, -0.1) is 0 Å². The highest BCUT2D eigenvalue weighted by Gasteiger charge is 2.20. The number of amides is 1. The molecule has 0 saturated carbocycles. The maximum atomic E-state index is 12.1. The number of hydrogen-bond donors (Lipinski definition) is 2. The van der Waals surface area contributed by atoms with Crippen LogP contribution in [0.4, 0.5) is 5.69 Å². The lowest BCUT2D eigenvalue weighted by Gasteiger charge is -2.21. The van der Waals surface area contributed by atoms with Crippen LogP contribution < -0.4 is 10.6 Å². The van der Waals surface area contributed by atoms with Crippen LogP contribution in [0, 0.1) is 5.92 Å². The third-order valence-electron chi connectivity index (χ3n) is 3.54. The van der Waals surface area contributed by atoms with Gasteiger partial charge in [0.05, 0.1) is 11.4 Å². The number of carbonyl (C=O) groups excluding carboxylic acids is 1. The molecule has 2 N–H and O–H groups in total. The number of aromatic nitrogens is 1. The van der Waals surface area contributed by atoms with E-state index in [1.54, 1.807) is 6.20 Å². The van der Waals surface area contributed by atoms with E-state index in [0.717, 1.165) is 42.5 Å².